The fraction of sp³-hybridized carbons (Fsp3) is 0.143. The normalized spacial score (nSPS) is 10.3. The minimum Gasteiger partial charge on any atom is -0.494 e. The summed E-state index contributed by atoms with van der Waals surface area (Å²) in [5, 5.41) is 3.15. The molecule has 0 aliphatic carbocycles. The SMILES string of the molecule is COc1cc(Nc2cc(C)cc(Br)c2)c(N)cc1F. The van der Waals surface area contributed by atoms with Gasteiger partial charge in [0.2, 0.25) is 0 Å². The van der Waals surface area contributed by atoms with E-state index in [1.807, 2.05) is 25.1 Å². The fourth-order valence-corrected chi connectivity index (χ4v) is 2.41. The summed E-state index contributed by atoms with van der Waals surface area (Å²) < 4.78 is 19.4. The van der Waals surface area contributed by atoms with E-state index in [1.165, 1.54) is 13.2 Å². The van der Waals surface area contributed by atoms with E-state index < -0.39 is 5.82 Å². The number of hydrogen-bond acceptors (Lipinski definition) is 3. The average Bonchev–Trinajstić information content (AvgIpc) is 2.31. The summed E-state index contributed by atoms with van der Waals surface area (Å²) in [4.78, 5) is 0. The van der Waals surface area contributed by atoms with Gasteiger partial charge in [0.1, 0.15) is 0 Å². The van der Waals surface area contributed by atoms with Gasteiger partial charge in [-0.05, 0) is 30.7 Å². The van der Waals surface area contributed by atoms with Gasteiger partial charge in [0.25, 0.3) is 0 Å². The third kappa shape index (κ3) is 3.17. The summed E-state index contributed by atoms with van der Waals surface area (Å²) in [7, 11) is 1.42. The molecule has 2 aromatic carbocycles. The second-order valence-electron chi connectivity index (χ2n) is 4.22. The lowest BCUT2D eigenvalue weighted by Gasteiger charge is -2.12. The van der Waals surface area contributed by atoms with Crippen LogP contribution in [0.2, 0.25) is 0 Å². The van der Waals surface area contributed by atoms with Crippen molar-refractivity contribution in [3.8, 4) is 5.75 Å². The van der Waals surface area contributed by atoms with Crippen LogP contribution in [0.1, 0.15) is 5.56 Å². The summed E-state index contributed by atoms with van der Waals surface area (Å²) in [6, 6.07) is 8.68. The largest absolute Gasteiger partial charge is 0.494 e. The molecule has 0 saturated heterocycles. The summed E-state index contributed by atoms with van der Waals surface area (Å²) in [6.45, 7) is 1.99. The van der Waals surface area contributed by atoms with Gasteiger partial charge in [0, 0.05) is 22.3 Å². The first kappa shape index (κ1) is 13.7. The van der Waals surface area contributed by atoms with Gasteiger partial charge in [-0.2, -0.15) is 0 Å². The van der Waals surface area contributed by atoms with Crippen LogP contribution in [0.4, 0.5) is 21.5 Å². The van der Waals surface area contributed by atoms with Crippen LogP contribution in [0, 0.1) is 12.7 Å². The Labute approximate surface area is 119 Å². The minimum atomic E-state index is -0.476. The summed E-state index contributed by atoms with van der Waals surface area (Å²) in [5.41, 5.74) is 8.71. The van der Waals surface area contributed by atoms with Gasteiger partial charge in [-0.1, -0.05) is 15.9 Å². The zero-order valence-electron chi connectivity index (χ0n) is 10.6. The second kappa shape index (κ2) is 5.48. The molecule has 100 valence electrons. The molecule has 2 aromatic rings. The highest BCUT2D eigenvalue weighted by molar-refractivity contribution is 9.10. The molecule has 0 amide bonds. The van der Waals surface area contributed by atoms with Crippen molar-refractivity contribution in [2.24, 2.45) is 0 Å². The molecule has 0 unspecified atom stereocenters. The number of nitrogens with two attached hydrogens (primary N) is 1. The second-order valence-corrected chi connectivity index (χ2v) is 5.13. The molecule has 0 aliphatic rings. The van der Waals surface area contributed by atoms with E-state index in [-0.39, 0.29) is 5.75 Å². The lowest BCUT2D eigenvalue weighted by molar-refractivity contribution is 0.387. The minimum absolute atomic E-state index is 0.156. The molecule has 3 N–H and O–H groups in total. The van der Waals surface area contributed by atoms with Gasteiger partial charge in [-0.3, -0.25) is 0 Å². The maximum Gasteiger partial charge on any atom is 0.167 e. The molecule has 0 bridgehead atoms. The number of hydrogen-bond donors (Lipinski definition) is 2. The highest BCUT2D eigenvalue weighted by Crippen LogP contribution is 2.31. The number of anilines is 3. The Kier molecular flexibility index (Phi) is 3.95. The van der Waals surface area contributed by atoms with Crippen LogP contribution in [0.25, 0.3) is 0 Å². The van der Waals surface area contributed by atoms with E-state index in [0.29, 0.717) is 11.4 Å². The fourth-order valence-electron chi connectivity index (χ4n) is 1.80. The summed E-state index contributed by atoms with van der Waals surface area (Å²) in [5.74, 6) is -0.320. The number of methoxy groups -OCH3 is 1. The third-order valence-corrected chi connectivity index (χ3v) is 3.10. The molecule has 2 rings (SSSR count). The lowest BCUT2D eigenvalue weighted by Crippen LogP contribution is -1.99. The molecule has 5 heteroatoms. The monoisotopic (exact) mass is 324 g/mol. The van der Waals surface area contributed by atoms with E-state index in [4.69, 9.17) is 10.5 Å². The zero-order valence-corrected chi connectivity index (χ0v) is 12.2. The van der Waals surface area contributed by atoms with Crippen molar-refractivity contribution >= 4 is 33.0 Å². The smallest absolute Gasteiger partial charge is 0.167 e. The van der Waals surface area contributed by atoms with Crippen molar-refractivity contribution in [1.82, 2.24) is 0 Å². The molecule has 0 saturated carbocycles. The third-order valence-electron chi connectivity index (χ3n) is 2.65. The van der Waals surface area contributed by atoms with Crippen molar-refractivity contribution in [3.05, 3.63) is 46.2 Å². The Morgan fingerprint density at radius 2 is 1.95 bits per heavy atom. The van der Waals surface area contributed by atoms with Gasteiger partial charge in [-0.25, -0.2) is 4.39 Å². The Morgan fingerprint density at radius 3 is 2.58 bits per heavy atom. The Balaban J connectivity index is 2.37. The molecule has 3 nitrogen and oxygen atoms in total. The molecule has 19 heavy (non-hydrogen) atoms. The number of benzene rings is 2. The van der Waals surface area contributed by atoms with E-state index in [1.54, 1.807) is 6.07 Å². The van der Waals surface area contributed by atoms with Crippen LogP contribution in [-0.2, 0) is 0 Å². The molecule has 0 fully saturated rings. The topological polar surface area (TPSA) is 47.3 Å². The average molecular weight is 325 g/mol. The van der Waals surface area contributed by atoms with Crippen LogP contribution < -0.4 is 15.8 Å². The van der Waals surface area contributed by atoms with E-state index >= 15 is 0 Å². The lowest BCUT2D eigenvalue weighted by atomic mass is 10.2. The summed E-state index contributed by atoms with van der Waals surface area (Å²) >= 11 is 3.43. The molecule has 0 radical (unpaired) electrons. The number of rotatable bonds is 3. The maximum absolute atomic E-state index is 13.5. The van der Waals surface area contributed by atoms with Crippen LogP contribution in [0.3, 0.4) is 0 Å². The van der Waals surface area contributed by atoms with Crippen molar-refractivity contribution in [2.75, 3.05) is 18.2 Å². The Morgan fingerprint density at radius 1 is 1.21 bits per heavy atom. The van der Waals surface area contributed by atoms with Crippen molar-refractivity contribution in [2.45, 2.75) is 6.92 Å². The van der Waals surface area contributed by atoms with Crippen molar-refractivity contribution in [3.63, 3.8) is 0 Å². The first-order valence-electron chi connectivity index (χ1n) is 5.67. The van der Waals surface area contributed by atoms with E-state index in [9.17, 15) is 4.39 Å². The van der Waals surface area contributed by atoms with Crippen LogP contribution >= 0.6 is 15.9 Å². The molecule has 0 atom stereocenters. The van der Waals surface area contributed by atoms with Crippen LogP contribution in [0.5, 0.6) is 5.75 Å². The van der Waals surface area contributed by atoms with Crippen LogP contribution in [0.15, 0.2) is 34.8 Å². The van der Waals surface area contributed by atoms with Gasteiger partial charge in [0.15, 0.2) is 11.6 Å². The van der Waals surface area contributed by atoms with E-state index in [0.717, 1.165) is 15.7 Å². The highest BCUT2D eigenvalue weighted by atomic mass is 79.9. The molecule has 0 spiro atoms. The summed E-state index contributed by atoms with van der Waals surface area (Å²) in [6.07, 6.45) is 0. The maximum atomic E-state index is 13.5. The van der Waals surface area contributed by atoms with Gasteiger partial charge >= 0.3 is 0 Å². The number of nitrogen functional groups attached to an aromatic ring is 1. The van der Waals surface area contributed by atoms with Crippen LogP contribution in [-0.4, -0.2) is 7.11 Å². The molecule has 0 aliphatic heterocycles. The quantitative estimate of drug-likeness (QED) is 0.830. The molecular formula is C14H14BrFN2O. The first-order chi connectivity index (χ1) is 8.99. The Bertz CT molecular complexity index is 596. The standard InChI is InChI=1S/C14H14BrFN2O/c1-8-3-9(15)5-10(4-8)18-13-7-14(19-2)11(16)6-12(13)17/h3-7,18H,17H2,1-2H3. The van der Waals surface area contributed by atoms with Gasteiger partial charge in [0.05, 0.1) is 18.5 Å². The first-order valence-corrected chi connectivity index (χ1v) is 6.46. The predicted molar refractivity (Wildman–Crippen MR) is 79.5 cm³/mol. The molecule has 0 aromatic heterocycles. The predicted octanol–water partition coefficient (Wildman–Crippen LogP) is 4.23. The molecular weight excluding hydrogens is 311 g/mol. The van der Waals surface area contributed by atoms with Crippen molar-refractivity contribution in [1.29, 1.82) is 0 Å². The number of halogens is 2. The van der Waals surface area contributed by atoms with Gasteiger partial charge in [-0.15, -0.1) is 0 Å². The van der Waals surface area contributed by atoms with Crippen molar-refractivity contribution < 1.29 is 9.13 Å². The zero-order chi connectivity index (χ0) is 14.0. The number of nitrogens with one attached hydrogen (secondary N) is 1. The molecule has 0 heterocycles. The number of ether oxygens (including phenoxy) is 1. The highest BCUT2D eigenvalue weighted by Gasteiger charge is 2.09. The van der Waals surface area contributed by atoms with Gasteiger partial charge < -0.3 is 15.8 Å². The van der Waals surface area contributed by atoms with E-state index in [2.05, 4.69) is 21.2 Å². The Hall–Kier alpha value is -1.75. The number of aryl methyl sites for hydroxylation is 1.